The lowest BCUT2D eigenvalue weighted by atomic mass is 9.96. The van der Waals surface area contributed by atoms with Crippen molar-refractivity contribution in [3.05, 3.63) is 69.5 Å². The number of aryl methyl sites for hydroxylation is 3. The molecular formula is C35H49ClN4O. The van der Waals surface area contributed by atoms with Gasteiger partial charge >= 0.3 is 0 Å². The van der Waals surface area contributed by atoms with E-state index in [1.807, 2.05) is 4.52 Å². The second-order valence-electron chi connectivity index (χ2n) is 11.8. The first-order valence-corrected chi connectivity index (χ1v) is 16.2. The van der Waals surface area contributed by atoms with E-state index in [-0.39, 0.29) is 5.92 Å². The van der Waals surface area contributed by atoms with Crippen LogP contribution in [-0.4, -0.2) is 26.4 Å². The average molecular weight is 577 g/mol. The normalized spacial score (nSPS) is 12.3. The maximum atomic E-state index is 6.85. The Bertz CT molecular complexity index is 1350. The van der Waals surface area contributed by atoms with E-state index in [0.717, 1.165) is 48.7 Å². The Kier molecular flexibility index (Phi) is 11.7. The van der Waals surface area contributed by atoms with Gasteiger partial charge in [0.2, 0.25) is 0 Å². The Morgan fingerprint density at radius 3 is 2.05 bits per heavy atom. The SMILES string of the molecule is CCCCCCCCCCCCOc1ccc(CC(CC)c2nnc3c(Cl)c(-c4c(C)cc(C)cc4C)[nH]n23)cc1. The molecule has 1 N–H and O–H groups in total. The van der Waals surface area contributed by atoms with Gasteiger partial charge in [-0.3, -0.25) is 5.10 Å². The second-order valence-corrected chi connectivity index (χ2v) is 12.2. The predicted octanol–water partition coefficient (Wildman–Crippen LogP) is 10.3. The van der Waals surface area contributed by atoms with Crippen LogP contribution in [0.5, 0.6) is 5.75 Å². The molecule has 0 aliphatic carbocycles. The Morgan fingerprint density at radius 1 is 0.829 bits per heavy atom. The highest BCUT2D eigenvalue weighted by molar-refractivity contribution is 6.36. The van der Waals surface area contributed by atoms with Crippen LogP contribution in [0, 0.1) is 20.8 Å². The van der Waals surface area contributed by atoms with Gasteiger partial charge < -0.3 is 4.74 Å². The number of hydrogen-bond donors (Lipinski definition) is 1. The quantitative estimate of drug-likeness (QED) is 0.127. The Balaban J connectivity index is 1.30. The van der Waals surface area contributed by atoms with E-state index in [1.54, 1.807) is 0 Å². The van der Waals surface area contributed by atoms with Gasteiger partial charge in [-0.1, -0.05) is 113 Å². The van der Waals surface area contributed by atoms with E-state index in [9.17, 15) is 0 Å². The van der Waals surface area contributed by atoms with Crippen molar-refractivity contribution in [2.45, 2.75) is 118 Å². The van der Waals surface area contributed by atoms with Crippen molar-refractivity contribution in [3.8, 4) is 17.0 Å². The number of aromatic nitrogens is 4. The number of H-pyrrole nitrogens is 1. The van der Waals surface area contributed by atoms with Crippen molar-refractivity contribution in [1.82, 2.24) is 19.8 Å². The van der Waals surface area contributed by atoms with Gasteiger partial charge in [-0.25, -0.2) is 4.52 Å². The molecule has 0 aliphatic rings. The molecule has 1 unspecified atom stereocenters. The molecule has 4 aromatic rings. The minimum Gasteiger partial charge on any atom is -0.494 e. The standard InChI is InChI=1S/C35H49ClN4O/c1-6-8-9-10-11-12-13-14-15-16-21-41-30-19-17-28(18-20-30)24-29(7-2)34-37-38-35-32(36)33(39-40(34)35)31-26(4)22-25(3)23-27(31)5/h17-20,22-23,29,39H,6-16,21,24H2,1-5H3. The number of nitrogens with one attached hydrogen (secondary N) is 1. The van der Waals surface area contributed by atoms with Crippen LogP contribution in [0.4, 0.5) is 0 Å². The van der Waals surface area contributed by atoms with Gasteiger partial charge in [0, 0.05) is 11.5 Å². The molecule has 0 spiro atoms. The van der Waals surface area contributed by atoms with Crippen LogP contribution >= 0.6 is 11.6 Å². The monoisotopic (exact) mass is 576 g/mol. The fourth-order valence-corrected chi connectivity index (χ4v) is 6.29. The summed E-state index contributed by atoms with van der Waals surface area (Å²) < 4.78 is 8.01. The molecule has 2 heterocycles. The van der Waals surface area contributed by atoms with Crippen molar-refractivity contribution in [3.63, 3.8) is 0 Å². The van der Waals surface area contributed by atoms with Crippen molar-refractivity contribution >= 4 is 17.2 Å². The lowest BCUT2D eigenvalue weighted by molar-refractivity contribution is 0.304. The van der Waals surface area contributed by atoms with Crippen molar-refractivity contribution < 1.29 is 4.74 Å². The minimum absolute atomic E-state index is 0.214. The molecule has 2 aromatic carbocycles. The Morgan fingerprint density at radius 2 is 1.44 bits per heavy atom. The maximum Gasteiger partial charge on any atom is 0.196 e. The zero-order valence-electron chi connectivity index (χ0n) is 25.9. The van der Waals surface area contributed by atoms with E-state index in [1.165, 1.54) is 80.0 Å². The minimum atomic E-state index is 0.214. The van der Waals surface area contributed by atoms with Gasteiger partial charge in [0.15, 0.2) is 11.5 Å². The van der Waals surface area contributed by atoms with Gasteiger partial charge in [0.1, 0.15) is 10.8 Å². The average Bonchev–Trinajstić information content (AvgIpc) is 3.50. The third-order valence-corrected chi connectivity index (χ3v) is 8.64. The molecule has 41 heavy (non-hydrogen) atoms. The van der Waals surface area contributed by atoms with Crippen LogP contribution in [0.2, 0.25) is 5.02 Å². The van der Waals surface area contributed by atoms with Gasteiger partial charge in [0.05, 0.1) is 12.3 Å². The molecule has 222 valence electrons. The largest absolute Gasteiger partial charge is 0.494 e. The van der Waals surface area contributed by atoms with Crippen LogP contribution in [0.1, 0.15) is 118 Å². The molecule has 6 heteroatoms. The zero-order chi connectivity index (χ0) is 29.2. The van der Waals surface area contributed by atoms with Crippen LogP contribution < -0.4 is 4.74 Å². The summed E-state index contributed by atoms with van der Waals surface area (Å²) in [6, 6.07) is 13.0. The number of benzene rings is 2. The smallest absolute Gasteiger partial charge is 0.196 e. The highest BCUT2D eigenvalue weighted by atomic mass is 35.5. The van der Waals surface area contributed by atoms with Crippen molar-refractivity contribution in [1.29, 1.82) is 0 Å². The maximum absolute atomic E-state index is 6.85. The van der Waals surface area contributed by atoms with E-state index in [2.05, 4.69) is 86.3 Å². The number of fused-ring (bicyclic) bond motifs is 1. The van der Waals surface area contributed by atoms with E-state index in [4.69, 9.17) is 16.3 Å². The zero-order valence-corrected chi connectivity index (χ0v) is 26.6. The molecule has 0 saturated carbocycles. The molecule has 1 atom stereocenters. The second kappa shape index (κ2) is 15.4. The van der Waals surface area contributed by atoms with Gasteiger partial charge in [-0.15, -0.1) is 10.2 Å². The molecule has 4 rings (SSSR count). The van der Waals surface area contributed by atoms with Crippen molar-refractivity contribution in [2.75, 3.05) is 6.61 Å². The first-order chi connectivity index (χ1) is 19.9. The summed E-state index contributed by atoms with van der Waals surface area (Å²) in [6.07, 6.45) is 15.2. The summed E-state index contributed by atoms with van der Waals surface area (Å²) in [5.41, 5.74) is 7.65. The van der Waals surface area contributed by atoms with E-state index >= 15 is 0 Å². The predicted molar refractivity (Wildman–Crippen MR) is 173 cm³/mol. The fourth-order valence-electron chi connectivity index (χ4n) is 6.03. The van der Waals surface area contributed by atoms with Crippen LogP contribution in [0.25, 0.3) is 16.9 Å². The lowest BCUT2D eigenvalue weighted by Crippen LogP contribution is -2.08. The summed E-state index contributed by atoms with van der Waals surface area (Å²) in [6.45, 7) is 11.7. The molecule has 0 amide bonds. The van der Waals surface area contributed by atoms with Gasteiger partial charge in [-0.05, 0) is 68.9 Å². The number of aromatic amines is 1. The summed E-state index contributed by atoms with van der Waals surface area (Å²) in [5, 5.41) is 13.2. The molecule has 0 radical (unpaired) electrons. The van der Waals surface area contributed by atoms with Crippen LogP contribution in [0.3, 0.4) is 0 Å². The number of nitrogens with zero attached hydrogens (tertiary/aromatic N) is 3. The summed E-state index contributed by atoms with van der Waals surface area (Å²) in [5.74, 6) is 2.08. The van der Waals surface area contributed by atoms with Gasteiger partial charge in [-0.2, -0.15) is 0 Å². The third-order valence-electron chi connectivity index (χ3n) is 8.28. The Labute approximate surface area is 252 Å². The van der Waals surface area contributed by atoms with E-state index in [0.29, 0.717) is 10.7 Å². The van der Waals surface area contributed by atoms with Crippen LogP contribution in [0.15, 0.2) is 36.4 Å². The Hall–Kier alpha value is -2.79. The summed E-state index contributed by atoms with van der Waals surface area (Å²) in [7, 11) is 0. The number of hydrogen-bond acceptors (Lipinski definition) is 3. The lowest BCUT2D eigenvalue weighted by Gasteiger charge is -2.14. The number of unbranched alkanes of at least 4 members (excludes halogenated alkanes) is 9. The van der Waals surface area contributed by atoms with Gasteiger partial charge in [0.25, 0.3) is 0 Å². The summed E-state index contributed by atoms with van der Waals surface area (Å²) in [4.78, 5) is 0. The number of halogens is 1. The fraction of sp³-hybridized carbons (Fsp3) is 0.543. The number of rotatable bonds is 17. The molecule has 0 bridgehead atoms. The first-order valence-electron chi connectivity index (χ1n) is 15.8. The molecule has 2 aromatic heterocycles. The molecular weight excluding hydrogens is 528 g/mol. The third kappa shape index (κ3) is 8.16. The highest BCUT2D eigenvalue weighted by Gasteiger charge is 2.23. The van der Waals surface area contributed by atoms with Crippen molar-refractivity contribution in [2.24, 2.45) is 0 Å². The van der Waals surface area contributed by atoms with E-state index < -0.39 is 0 Å². The van der Waals surface area contributed by atoms with Crippen LogP contribution in [-0.2, 0) is 6.42 Å². The molecule has 0 aliphatic heterocycles. The number of ether oxygens (including phenoxy) is 1. The topological polar surface area (TPSA) is 55.2 Å². The summed E-state index contributed by atoms with van der Waals surface area (Å²) >= 11 is 6.85. The molecule has 5 nitrogen and oxygen atoms in total. The highest BCUT2D eigenvalue weighted by Crippen LogP contribution is 2.36. The first kappa shape index (κ1) is 31.2. The molecule has 0 saturated heterocycles. The molecule has 0 fully saturated rings.